The summed E-state index contributed by atoms with van der Waals surface area (Å²) in [5, 5.41) is 3.30. The second-order valence-corrected chi connectivity index (χ2v) is 9.29. The van der Waals surface area contributed by atoms with E-state index in [4.69, 9.17) is 16.3 Å². The van der Waals surface area contributed by atoms with Gasteiger partial charge in [-0.15, -0.1) is 0 Å². The fourth-order valence-corrected chi connectivity index (χ4v) is 4.15. The summed E-state index contributed by atoms with van der Waals surface area (Å²) < 4.78 is 33.4. The number of nitrogens with one attached hydrogen (secondary N) is 2. The Kier molecular flexibility index (Phi) is 6.87. The summed E-state index contributed by atoms with van der Waals surface area (Å²) in [6.45, 7) is 5.45. The fraction of sp³-hybridized carbons (Fsp3) is 0.174. The largest absolute Gasteiger partial charge is 0.484 e. The minimum atomic E-state index is -3.75. The van der Waals surface area contributed by atoms with Crippen LogP contribution in [-0.2, 0) is 14.8 Å². The maximum atomic E-state index is 12.7. The van der Waals surface area contributed by atoms with Crippen molar-refractivity contribution >= 4 is 38.9 Å². The molecule has 0 aliphatic carbocycles. The predicted molar refractivity (Wildman–Crippen MR) is 123 cm³/mol. The van der Waals surface area contributed by atoms with Crippen LogP contribution >= 0.6 is 11.6 Å². The van der Waals surface area contributed by atoms with Gasteiger partial charge in [0.05, 0.1) is 10.6 Å². The highest BCUT2D eigenvalue weighted by Gasteiger charge is 2.15. The van der Waals surface area contributed by atoms with Gasteiger partial charge in [-0.05, 0) is 80.4 Å². The van der Waals surface area contributed by atoms with E-state index in [2.05, 4.69) is 10.0 Å². The van der Waals surface area contributed by atoms with Gasteiger partial charge in [0.25, 0.3) is 15.9 Å². The van der Waals surface area contributed by atoms with E-state index in [0.29, 0.717) is 22.1 Å². The SMILES string of the molecule is Cc1ccc(NS(=O)(=O)c2ccc(NC(=O)COc3ccc(Cl)c(C)c3)cc2)c(C)c1. The van der Waals surface area contributed by atoms with Gasteiger partial charge in [0.15, 0.2) is 6.61 Å². The Balaban J connectivity index is 1.61. The third kappa shape index (κ3) is 5.99. The van der Waals surface area contributed by atoms with Crippen molar-refractivity contribution in [1.82, 2.24) is 0 Å². The smallest absolute Gasteiger partial charge is 0.262 e. The number of hydrogen-bond donors (Lipinski definition) is 2. The van der Waals surface area contributed by atoms with Crippen molar-refractivity contribution in [3.05, 3.63) is 82.4 Å². The lowest BCUT2D eigenvalue weighted by molar-refractivity contribution is -0.118. The second-order valence-electron chi connectivity index (χ2n) is 7.20. The average Bonchev–Trinajstić information content (AvgIpc) is 2.71. The molecule has 0 aliphatic rings. The van der Waals surface area contributed by atoms with Crippen LogP contribution in [0.5, 0.6) is 5.75 Å². The number of aryl methyl sites for hydroxylation is 3. The summed E-state index contributed by atoms with van der Waals surface area (Å²) in [6.07, 6.45) is 0. The molecule has 0 saturated heterocycles. The third-order valence-corrected chi connectivity index (χ3v) is 6.38. The third-order valence-electron chi connectivity index (χ3n) is 4.57. The molecule has 0 radical (unpaired) electrons. The van der Waals surface area contributed by atoms with Crippen molar-refractivity contribution in [2.75, 3.05) is 16.6 Å². The fourth-order valence-electron chi connectivity index (χ4n) is 2.90. The number of sulfonamides is 1. The highest BCUT2D eigenvalue weighted by Crippen LogP contribution is 2.23. The van der Waals surface area contributed by atoms with Crippen molar-refractivity contribution in [3.8, 4) is 5.75 Å². The first-order chi connectivity index (χ1) is 14.6. The standard InChI is InChI=1S/C23H23ClN2O4S/c1-15-4-11-22(17(3)12-15)26-31(28,29)20-8-5-18(6-9-20)25-23(27)14-30-19-7-10-21(24)16(2)13-19/h4-13,26H,14H2,1-3H3,(H,25,27). The maximum absolute atomic E-state index is 12.7. The summed E-state index contributed by atoms with van der Waals surface area (Å²) in [4.78, 5) is 12.2. The van der Waals surface area contributed by atoms with Crippen LogP contribution in [0.2, 0.25) is 5.02 Å². The molecule has 31 heavy (non-hydrogen) atoms. The van der Waals surface area contributed by atoms with Gasteiger partial charge < -0.3 is 10.1 Å². The topological polar surface area (TPSA) is 84.5 Å². The van der Waals surface area contributed by atoms with Gasteiger partial charge in [0, 0.05) is 10.7 Å². The first-order valence-electron chi connectivity index (χ1n) is 9.53. The lowest BCUT2D eigenvalue weighted by Gasteiger charge is -2.12. The molecular weight excluding hydrogens is 436 g/mol. The summed E-state index contributed by atoms with van der Waals surface area (Å²) in [7, 11) is -3.75. The van der Waals surface area contributed by atoms with Crippen LogP contribution in [0.4, 0.5) is 11.4 Å². The molecular formula is C23H23ClN2O4S. The zero-order valence-corrected chi connectivity index (χ0v) is 19.0. The van der Waals surface area contributed by atoms with Gasteiger partial charge >= 0.3 is 0 Å². The first-order valence-corrected chi connectivity index (χ1v) is 11.4. The zero-order valence-electron chi connectivity index (χ0n) is 17.4. The quantitative estimate of drug-likeness (QED) is 0.516. The Bertz CT molecular complexity index is 1210. The van der Waals surface area contributed by atoms with E-state index in [1.165, 1.54) is 24.3 Å². The van der Waals surface area contributed by atoms with Crippen LogP contribution in [0.3, 0.4) is 0 Å². The summed E-state index contributed by atoms with van der Waals surface area (Å²) in [6, 6.07) is 16.6. The number of anilines is 2. The normalized spacial score (nSPS) is 11.1. The summed E-state index contributed by atoms with van der Waals surface area (Å²) >= 11 is 5.97. The van der Waals surface area contributed by atoms with Gasteiger partial charge in [-0.2, -0.15) is 0 Å². The van der Waals surface area contributed by atoms with Crippen molar-refractivity contribution in [1.29, 1.82) is 0 Å². The van der Waals surface area contributed by atoms with E-state index >= 15 is 0 Å². The molecule has 0 aromatic heterocycles. The van der Waals surface area contributed by atoms with E-state index in [9.17, 15) is 13.2 Å². The van der Waals surface area contributed by atoms with Crippen molar-refractivity contribution in [2.24, 2.45) is 0 Å². The van der Waals surface area contributed by atoms with E-state index in [1.54, 1.807) is 24.3 Å². The van der Waals surface area contributed by atoms with Crippen LogP contribution in [0, 0.1) is 20.8 Å². The summed E-state index contributed by atoms with van der Waals surface area (Å²) in [5.74, 6) is 0.174. The lowest BCUT2D eigenvalue weighted by atomic mass is 10.1. The van der Waals surface area contributed by atoms with Crippen molar-refractivity contribution in [3.63, 3.8) is 0 Å². The number of benzene rings is 3. The Hall–Kier alpha value is -3.03. The molecule has 0 fully saturated rings. The van der Waals surface area contributed by atoms with E-state index in [1.807, 2.05) is 32.9 Å². The van der Waals surface area contributed by atoms with Gasteiger partial charge in [-0.25, -0.2) is 8.42 Å². The highest BCUT2D eigenvalue weighted by atomic mass is 35.5. The number of ether oxygens (including phenoxy) is 1. The first kappa shape index (κ1) is 22.7. The molecule has 3 rings (SSSR count). The van der Waals surface area contributed by atoms with Crippen LogP contribution < -0.4 is 14.8 Å². The van der Waals surface area contributed by atoms with Crippen LogP contribution in [0.15, 0.2) is 65.6 Å². The zero-order chi connectivity index (χ0) is 22.6. The van der Waals surface area contributed by atoms with E-state index in [0.717, 1.165) is 16.7 Å². The molecule has 0 saturated carbocycles. The van der Waals surface area contributed by atoms with Crippen molar-refractivity contribution < 1.29 is 17.9 Å². The number of amides is 1. The van der Waals surface area contributed by atoms with Crippen LogP contribution in [-0.4, -0.2) is 20.9 Å². The molecule has 162 valence electrons. The molecule has 0 atom stereocenters. The van der Waals surface area contributed by atoms with E-state index < -0.39 is 10.0 Å². The lowest BCUT2D eigenvalue weighted by Crippen LogP contribution is -2.20. The Morgan fingerprint density at radius 1 is 0.935 bits per heavy atom. The molecule has 0 aliphatic heterocycles. The highest BCUT2D eigenvalue weighted by molar-refractivity contribution is 7.92. The number of carbonyl (C=O) groups is 1. The van der Waals surface area contributed by atoms with Gasteiger partial charge in [0.2, 0.25) is 0 Å². The Morgan fingerprint density at radius 2 is 1.65 bits per heavy atom. The van der Waals surface area contributed by atoms with Gasteiger partial charge in [-0.3, -0.25) is 9.52 Å². The minimum Gasteiger partial charge on any atom is -0.484 e. The summed E-state index contributed by atoms with van der Waals surface area (Å²) in [5.41, 5.74) is 3.73. The molecule has 2 N–H and O–H groups in total. The predicted octanol–water partition coefficient (Wildman–Crippen LogP) is 5.08. The molecule has 0 spiro atoms. The monoisotopic (exact) mass is 458 g/mol. The Morgan fingerprint density at radius 3 is 2.29 bits per heavy atom. The molecule has 0 unspecified atom stereocenters. The molecule has 3 aromatic carbocycles. The number of rotatable bonds is 7. The molecule has 0 heterocycles. The average molecular weight is 459 g/mol. The molecule has 1 amide bonds. The maximum Gasteiger partial charge on any atom is 0.262 e. The number of halogens is 1. The van der Waals surface area contributed by atoms with Gasteiger partial charge in [0.1, 0.15) is 5.75 Å². The van der Waals surface area contributed by atoms with Gasteiger partial charge in [-0.1, -0.05) is 29.3 Å². The molecule has 6 nitrogen and oxygen atoms in total. The molecule has 0 bridgehead atoms. The van der Waals surface area contributed by atoms with Crippen molar-refractivity contribution in [2.45, 2.75) is 25.7 Å². The number of carbonyl (C=O) groups excluding carboxylic acids is 1. The van der Waals surface area contributed by atoms with Crippen LogP contribution in [0.25, 0.3) is 0 Å². The minimum absolute atomic E-state index is 0.0957. The molecule has 8 heteroatoms. The van der Waals surface area contributed by atoms with E-state index in [-0.39, 0.29) is 17.4 Å². The van der Waals surface area contributed by atoms with Crippen LogP contribution in [0.1, 0.15) is 16.7 Å². The second kappa shape index (κ2) is 9.41. The molecule has 3 aromatic rings. The Labute approximate surface area is 187 Å². The number of hydrogen-bond acceptors (Lipinski definition) is 4.